The summed E-state index contributed by atoms with van der Waals surface area (Å²) in [6.45, 7) is 1.77. The van der Waals surface area contributed by atoms with Crippen LogP contribution in [-0.4, -0.2) is 69.4 Å². The molecule has 37 heavy (non-hydrogen) atoms. The summed E-state index contributed by atoms with van der Waals surface area (Å²) in [7, 11) is 0. The average Bonchev–Trinajstić information content (AvgIpc) is 3.41. The van der Waals surface area contributed by atoms with E-state index in [4.69, 9.17) is 4.74 Å². The van der Waals surface area contributed by atoms with Gasteiger partial charge in [-0.15, -0.1) is 11.8 Å². The highest BCUT2D eigenvalue weighted by molar-refractivity contribution is 7.99. The molecule has 0 aromatic heterocycles. The molecule has 1 fully saturated rings. The number of ketones is 1. The highest BCUT2D eigenvalue weighted by Crippen LogP contribution is 2.23. The normalized spacial score (nSPS) is 16.4. The SMILES string of the molecule is CC[C@H](NC(=O)OCc1ccccc1)C(=O)N1CSC[C@H]1C(=O)N[C@@H](Cc1ccccc1)C(=O)C(=O)O. The first kappa shape index (κ1) is 27.7. The summed E-state index contributed by atoms with van der Waals surface area (Å²) < 4.78 is 5.21. The lowest BCUT2D eigenvalue weighted by molar-refractivity contribution is -0.150. The van der Waals surface area contributed by atoms with E-state index >= 15 is 0 Å². The number of ether oxygens (including phenoxy) is 1. The minimum Gasteiger partial charge on any atom is -0.475 e. The molecule has 3 rings (SSSR count). The van der Waals surface area contributed by atoms with Crippen molar-refractivity contribution in [2.75, 3.05) is 11.6 Å². The number of benzene rings is 2. The van der Waals surface area contributed by atoms with Crippen molar-refractivity contribution in [3.63, 3.8) is 0 Å². The second-order valence-electron chi connectivity index (χ2n) is 8.41. The van der Waals surface area contributed by atoms with Crippen molar-refractivity contribution in [1.29, 1.82) is 0 Å². The number of carbonyl (C=O) groups is 5. The van der Waals surface area contributed by atoms with Crippen LogP contribution in [0, 0.1) is 0 Å². The second-order valence-corrected chi connectivity index (χ2v) is 9.41. The predicted molar refractivity (Wildman–Crippen MR) is 137 cm³/mol. The highest BCUT2D eigenvalue weighted by Gasteiger charge is 2.39. The van der Waals surface area contributed by atoms with Crippen molar-refractivity contribution in [1.82, 2.24) is 15.5 Å². The summed E-state index contributed by atoms with van der Waals surface area (Å²) in [6.07, 6.45) is -0.493. The number of rotatable bonds is 11. The van der Waals surface area contributed by atoms with Crippen LogP contribution in [0.4, 0.5) is 4.79 Å². The fourth-order valence-corrected chi connectivity index (χ4v) is 4.96. The van der Waals surface area contributed by atoms with Crippen LogP contribution >= 0.6 is 11.8 Å². The first-order chi connectivity index (χ1) is 17.8. The maximum atomic E-state index is 13.2. The van der Waals surface area contributed by atoms with Gasteiger partial charge in [-0.2, -0.15) is 0 Å². The van der Waals surface area contributed by atoms with Crippen molar-refractivity contribution in [2.24, 2.45) is 0 Å². The Morgan fingerprint density at radius 1 is 0.973 bits per heavy atom. The van der Waals surface area contributed by atoms with Gasteiger partial charge in [0.1, 0.15) is 24.7 Å². The second kappa shape index (κ2) is 13.4. The van der Waals surface area contributed by atoms with E-state index < -0.39 is 47.8 Å². The van der Waals surface area contributed by atoms with Gasteiger partial charge in [-0.25, -0.2) is 9.59 Å². The molecular formula is C26H29N3O7S. The molecule has 3 amide bonds. The van der Waals surface area contributed by atoms with Crippen LogP contribution in [0.2, 0.25) is 0 Å². The number of alkyl carbamates (subject to hydrolysis) is 1. The Labute approximate surface area is 218 Å². The summed E-state index contributed by atoms with van der Waals surface area (Å²) in [6, 6.07) is 14.7. The molecule has 11 heteroatoms. The number of nitrogens with zero attached hydrogens (tertiary/aromatic N) is 1. The van der Waals surface area contributed by atoms with Crippen LogP contribution < -0.4 is 10.6 Å². The molecule has 0 saturated carbocycles. The van der Waals surface area contributed by atoms with Gasteiger partial charge < -0.3 is 25.4 Å². The van der Waals surface area contributed by atoms with E-state index in [1.807, 2.05) is 18.2 Å². The standard InChI is InChI=1S/C26H29N3O7S/c1-2-19(28-26(35)36-14-18-11-7-4-8-12-18)24(32)29-16-37-15-21(29)23(31)27-20(22(30)25(33)34)13-17-9-5-3-6-10-17/h3-12,19-21H,2,13-16H2,1H3,(H,27,31)(H,28,35)(H,33,34)/t19-,20-,21-/m0/s1. The topological polar surface area (TPSA) is 142 Å². The Hall–Kier alpha value is -3.86. The fraction of sp³-hybridized carbons (Fsp3) is 0.346. The number of amides is 3. The minimum absolute atomic E-state index is 0.00207. The molecule has 10 nitrogen and oxygen atoms in total. The number of hydrogen-bond acceptors (Lipinski definition) is 7. The van der Waals surface area contributed by atoms with E-state index in [-0.39, 0.29) is 31.1 Å². The molecule has 1 aliphatic heterocycles. The summed E-state index contributed by atoms with van der Waals surface area (Å²) in [5.41, 5.74) is 1.48. The van der Waals surface area contributed by atoms with E-state index in [2.05, 4.69) is 10.6 Å². The molecule has 3 atom stereocenters. The lowest BCUT2D eigenvalue weighted by atomic mass is 10.0. The van der Waals surface area contributed by atoms with Crippen LogP contribution in [0.1, 0.15) is 24.5 Å². The zero-order valence-electron chi connectivity index (χ0n) is 20.3. The monoisotopic (exact) mass is 527 g/mol. The number of nitrogens with one attached hydrogen (secondary N) is 2. The van der Waals surface area contributed by atoms with Gasteiger partial charge in [0.05, 0.1) is 5.88 Å². The number of hydrogen-bond donors (Lipinski definition) is 3. The quantitative estimate of drug-likeness (QED) is 0.377. The molecule has 0 radical (unpaired) electrons. The zero-order chi connectivity index (χ0) is 26.8. The molecule has 196 valence electrons. The number of carbonyl (C=O) groups excluding carboxylic acids is 4. The number of thioether (sulfide) groups is 1. The Kier molecular flexibility index (Phi) is 10.1. The van der Waals surface area contributed by atoms with Gasteiger partial charge in [0, 0.05) is 12.2 Å². The van der Waals surface area contributed by atoms with E-state index in [1.165, 1.54) is 16.7 Å². The van der Waals surface area contributed by atoms with Gasteiger partial charge in [-0.3, -0.25) is 14.4 Å². The maximum absolute atomic E-state index is 13.2. The summed E-state index contributed by atoms with van der Waals surface area (Å²) in [5.74, 6) is -3.41. The van der Waals surface area contributed by atoms with Gasteiger partial charge in [0.2, 0.25) is 11.8 Å². The summed E-state index contributed by atoms with van der Waals surface area (Å²) in [5, 5.41) is 14.3. The molecule has 2 aromatic carbocycles. The third kappa shape index (κ3) is 7.81. The van der Waals surface area contributed by atoms with Crippen LogP contribution in [0.25, 0.3) is 0 Å². The van der Waals surface area contributed by atoms with E-state index in [0.29, 0.717) is 5.56 Å². The van der Waals surface area contributed by atoms with E-state index in [1.54, 1.807) is 49.4 Å². The Bertz CT molecular complexity index is 1110. The highest BCUT2D eigenvalue weighted by atomic mass is 32.2. The molecule has 3 N–H and O–H groups in total. The lowest BCUT2D eigenvalue weighted by Crippen LogP contribution is -2.56. The number of carboxylic acid groups (broad SMARTS) is 1. The summed E-state index contributed by atoms with van der Waals surface area (Å²) in [4.78, 5) is 63.6. The molecule has 0 aliphatic carbocycles. The molecule has 2 aromatic rings. The fourth-order valence-electron chi connectivity index (χ4n) is 3.80. The third-order valence-electron chi connectivity index (χ3n) is 5.81. The van der Waals surface area contributed by atoms with Crippen LogP contribution in [0.15, 0.2) is 60.7 Å². The van der Waals surface area contributed by atoms with Crippen LogP contribution in [0.3, 0.4) is 0 Å². The summed E-state index contributed by atoms with van der Waals surface area (Å²) >= 11 is 1.35. The Balaban J connectivity index is 1.63. The average molecular weight is 528 g/mol. The third-order valence-corrected chi connectivity index (χ3v) is 6.82. The van der Waals surface area contributed by atoms with Crippen molar-refractivity contribution < 1.29 is 33.8 Å². The number of carboxylic acids is 1. The first-order valence-electron chi connectivity index (χ1n) is 11.8. The van der Waals surface area contributed by atoms with Gasteiger partial charge in [-0.1, -0.05) is 67.6 Å². The first-order valence-corrected chi connectivity index (χ1v) is 12.9. The van der Waals surface area contributed by atoms with Crippen molar-refractivity contribution in [3.8, 4) is 0 Å². The van der Waals surface area contributed by atoms with Gasteiger partial charge in [0.15, 0.2) is 0 Å². The van der Waals surface area contributed by atoms with Crippen LogP contribution in [-0.2, 0) is 36.9 Å². The number of Topliss-reactive ketones (excluding diaryl/α,β-unsaturated/α-hetero) is 1. The van der Waals surface area contributed by atoms with Crippen LogP contribution in [0.5, 0.6) is 0 Å². The van der Waals surface area contributed by atoms with Gasteiger partial charge in [-0.05, 0) is 17.5 Å². The lowest BCUT2D eigenvalue weighted by Gasteiger charge is -2.28. The minimum atomic E-state index is -1.65. The van der Waals surface area contributed by atoms with Crippen molar-refractivity contribution in [3.05, 3.63) is 71.8 Å². The molecule has 0 spiro atoms. The van der Waals surface area contributed by atoms with Crippen molar-refractivity contribution >= 4 is 41.4 Å². The molecule has 1 saturated heterocycles. The van der Waals surface area contributed by atoms with E-state index in [9.17, 15) is 29.1 Å². The largest absolute Gasteiger partial charge is 0.475 e. The Morgan fingerprint density at radius 2 is 1.59 bits per heavy atom. The van der Waals surface area contributed by atoms with E-state index in [0.717, 1.165) is 5.56 Å². The number of aliphatic carboxylic acids is 1. The molecule has 0 unspecified atom stereocenters. The van der Waals surface area contributed by atoms with Gasteiger partial charge in [0.25, 0.3) is 5.78 Å². The maximum Gasteiger partial charge on any atom is 0.408 e. The molecule has 1 heterocycles. The zero-order valence-corrected chi connectivity index (χ0v) is 21.1. The van der Waals surface area contributed by atoms with Crippen molar-refractivity contribution in [2.45, 2.75) is 44.5 Å². The molecular weight excluding hydrogens is 498 g/mol. The molecule has 1 aliphatic rings. The predicted octanol–water partition coefficient (Wildman–Crippen LogP) is 1.97. The Morgan fingerprint density at radius 3 is 2.19 bits per heavy atom. The van der Waals surface area contributed by atoms with Gasteiger partial charge >= 0.3 is 12.1 Å². The smallest absolute Gasteiger partial charge is 0.408 e. The molecule has 0 bridgehead atoms.